The zero-order valence-corrected chi connectivity index (χ0v) is 5.37. The Bertz CT molecular complexity index is 237. The summed E-state index contributed by atoms with van der Waals surface area (Å²) in [6.45, 7) is 0.415. The fourth-order valence-electron chi connectivity index (χ4n) is 0.650. The Balaban J connectivity index is 2.67. The molecule has 1 radical (unpaired) electrons. The van der Waals surface area contributed by atoms with Crippen molar-refractivity contribution in [3.8, 4) is 0 Å². The van der Waals surface area contributed by atoms with Gasteiger partial charge in [0.05, 0.1) is 6.54 Å². The van der Waals surface area contributed by atoms with E-state index in [9.17, 15) is 4.79 Å². The predicted molar refractivity (Wildman–Crippen MR) is 37.1 cm³/mol. The molecule has 0 aliphatic carbocycles. The Labute approximate surface area is 59.2 Å². The second-order valence-corrected chi connectivity index (χ2v) is 1.82. The van der Waals surface area contributed by atoms with Gasteiger partial charge in [-0.25, -0.2) is 9.79 Å². The first-order valence-corrected chi connectivity index (χ1v) is 2.92. The molecule has 0 spiro atoms. The summed E-state index contributed by atoms with van der Waals surface area (Å²) in [5, 5.41) is 0. The fraction of sp³-hybridized carbons (Fsp3) is 0.125. The normalized spacial score (nSPS) is 8.40. The molecule has 0 unspecified atom stereocenters. The Hall–Kier alpha value is -1.40. The Morgan fingerprint density at radius 1 is 1.50 bits per heavy atom. The van der Waals surface area contributed by atoms with Crippen molar-refractivity contribution in [2.24, 2.45) is 4.99 Å². The third-order valence-electron chi connectivity index (χ3n) is 1.11. The minimum atomic E-state index is 0.415. The van der Waals surface area contributed by atoms with E-state index in [0.29, 0.717) is 6.54 Å². The smallest absolute Gasteiger partial charge is 0.211 e. The maximum atomic E-state index is 9.68. The highest BCUT2D eigenvalue weighted by atomic mass is 16.1. The van der Waals surface area contributed by atoms with Crippen LogP contribution in [0.15, 0.2) is 29.3 Å². The highest BCUT2D eigenvalue weighted by Crippen LogP contribution is 1.97. The fourth-order valence-corrected chi connectivity index (χ4v) is 0.650. The number of rotatable bonds is 2. The van der Waals surface area contributed by atoms with Gasteiger partial charge in [0.1, 0.15) is 0 Å². The molecule has 0 saturated carbocycles. The van der Waals surface area contributed by atoms with E-state index in [2.05, 4.69) is 11.1 Å². The predicted octanol–water partition coefficient (Wildman–Crippen LogP) is 1.32. The van der Waals surface area contributed by atoms with E-state index in [4.69, 9.17) is 0 Å². The van der Waals surface area contributed by atoms with Crippen LogP contribution in [0.3, 0.4) is 0 Å². The first-order chi connectivity index (χ1) is 4.93. The standard InChI is InChI=1S/C8H6NO/c10-7-9-6-8-4-2-1-3-5-8/h2-5H,6H2. The van der Waals surface area contributed by atoms with Crippen molar-refractivity contribution in [1.82, 2.24) is 0 Å². The quantitative estimate of drug-likeness (QED) is 0.440. The molecule has 1 aromatic rings. The van der Waals surface area contributed by atoms with Crippen molar-refractivity contribution in [3.63, 3.8) is 0 Å². The third kappa shape index (κ3) is 1.84. The maximum Gasteiger partial charge on any atom is 0.235 e. The van der Waals surface area contributed by atoms with Crippen LogP contribution in [0.25, 0.3) is 0 Å². The van der Waals surface area contributed by atoms with Crippen LogP contribution < -0.4 is 0 Å². The molecular weight excluding hydrogens is 126 g/mol. The van der Waals surface area contributed by atoms with Gasteiger partial charge >= 0.3 is 0 Å². The van der Waals surface area contributed by atoms with Crippen molar-refractivity contribution in [3.05, 3.63) is 35.9 Å². The van der Waals surface area contributed by atoms with Crippen molar-refractivity contribution < 1.29 is 4.79 Å². The molecule has 0 saturated heterocycles. The third-order valence-corrected chi connectivity index (χ3v) is 1.11. The molecule has 1 aromatic carbocycles. The van der Waals surface area contributed by atoms with Crippen LogP contribution in [0.5, 0.6) is 0 Å². The highest BCUT2D eigenvalue weighted by Gasteiger charge is 1.84. The van der Waals surface area contributed by atoms with Crippen LogP contribution in [0.2, 0.25) is 0 Å². The lowest BCUT2D eigenvalue weighted by Gasteiger charge is -1.89. The molecule has 2 nitrogen and oxygen atoms in total. The molecule has 0 N–H and O–H groups in total. The van der Waals surface area contributed by atoms with Crippen molar-refractivity contribution >= 4 is 6.08 Å². The van der Waals surface area contributed by atoms with Crippen LogP contribution >= 0.6 is 0 Å². The molecular formula is C8H6NO. The van der Waals surface area contributed by atoms with Gasteiger partial charge in [-0.3, -0.25) is 0 Å². The molecule has 0 heterocycles. The largest absolute Gasteiger partial charge is 0.235 e. The average Bonchev–Trinajstić information content (AvgIpc) is 2.03. The number of hydrogen-bond acceptors (Lipinski definition) is 2. The zero-order chi connectivity index (χ0) is 7.23. The minimum absolute atomic E-state index is 0.415. The Morgan fingerprint density at radius 3 is 2.80 bits per heavy atom. The Kier molecular flexibility index (Phi) is 2.41. The maximum absolute atomic E-state index is 9.68. The summed E-state index contributed by atoms with van der Waals surface area (Å²) in [6.07, 6.45) is 1.48. The monoisotopic (exact) mass is 132 g/mol. The summed E-state index contributed by atoms with van der Waals surface area (Å²) >= 11 is 0. The molecule has 10 heavy (non-hydrogen) atoms. The summed E-state index contributed by atoms with van der Waals surface area (Å²) < 4.78 is 0. The molecule has 0 atom stereocenters. The van der Waals surface area contributed by atoms with E-state index >= 15 is 0 Å². The van der Waals surface area contributed by atoms with Crippen LogP contribution in [-0.2, 0) is 11.3 Å². The van der Waals surface area contributed by atoms with Crippen LogP contribution in [0, 0.1) is 6.07 Å². The lowest BCUT2D eigenvalue weighted by molar-refractivity contribution is 0.563. The number of aliphatic imine (C=N–C) groups is 1. The Morgan fingerprint density at radius 2 is 2.20 bits per heavy atom. The van der Waals surface area contributed by atoms with Gasteiger partial charge in [0.25, 0.3) is 0 Å². The van der Waals surface area contributed by atoms with E-state index in [1.165, 1.54) is 6.08 Å². The summed E-state index contributed by atoms with van der Waals surface area (Å²) in [4.78, 5) is 13.1. The van der Waals surface area contributed by atoms with Gasteiger partial charge in [-0.1, -0.05) is 24.3 Å². The van der Waals surface area contributed by atoms with E-state index in [-0.39, 0.29) is 0 Å². The number of carbonyl (C=O) groups excluding carboxylic acids is 1. The van der Waals surface area contributed by atoms with E-state index in [1.807, 2.05) is 12.1 Å². The average molecular weight is 132 g/mol. The molecule has 0 aliphatic heterocycles. The van der Waals surface area contributed by atoms with Gasteiger partial charge in [0.15, 0.2) is 0 Å². The molecule has 0 fully saturated rings. The number of isocyanates is 1. The topological polar surface area (TPSA) is 29.4 Å². The SMILES string of the molecule is O=C=NCc1cc[c]cc1. The number of hydrogen-bond donors (Lipinski definition) is 0. The first-order valence-electron chi connectivity index (χ1n) is 2.92. The van der Waals surface area contributed by atoms with Crippen molar-refractivity contribution in [2.45, 2.75) is 6.54 Å². The second-order valence-electron chi connectivity index (χ2n) is 1.82. The van der Waals surface area contributed by atoms with Gasteiger partial charge in [-0.2, -0.15) is 0 Å². The highest BCUT2D eigenvalue weighted by molar-refractivity contribution is 5.33. The van der Waals surface area contributed by atoms with Gasteiger partial charge in [-0.15, -0.1) is 0 Å². The van der Waals surface area contributed by atoms with Gasteiger partial charge in [0.2, 0.25) is 6.08 Å². The number of benzene rings is 1. The molecule has 2 heteroatoms. The summed E-state index contributed by atoms with van der Waals surface area (Å²) in [7, 11) is 0. The molecule has 0 aliphatic rings. The summed E-state index contributed by atoms with van der Waals surface area (Å²) in [6, 6.07) is 10.2. The van der Waals surface area contributed by atoms with Crippen molar-refractivity contribution in [1.29, 1.82) is 0 Å². The van der Waals surface area contributed by atoms with E-state index in [1.54, 1.807) is 12.1 Å². The van der Waals surface area contributed by atoms with Crippen LogP contribution in [0.4, 0.5) is 0 Å². The van der Waals surface area contributed by atoms with E-state index in [0.717, 1.165) is 5.56 Å². The zero-order valence-electron chi connectivity index (χ0n) is 5.37. The first kappa shape index (κ1) is 6.72. The van der Waals surface area contributed by atoms with Gasteiger partial charge < -0.3 is 0 Å². The van der Waals surface area contributed by atoms with Gasteiger partial charge in [0, 0.05) is 0 Å². The summed E-state index contributed by atoms with van der Waals surface area (Å²) in [5.74, 6) is 0. The van der Waals surface area contributed by atoms with Crippen LogP contribution in [0.1, 0.15) is 5.56 Å². The summed E-state index contributed by atoms with van der Waals surface area (Å²) in [5.41, 5.74) is 1.00. The molecule has 49 valence electrons. The minimum Gasteiger partial charge on any atom is -0.211 e. The molecule has 0 bridgehead atoms. The lowest BCUT2D eigenvalue weighted by atomic mass is 10.2. The van der Waals surface area contributed by atoms with Crippen LogP contribution in [-0.4, -0.2) is 6.08 Å². The molecule has 0 aromatic heterocycles. The molecule has 0 amide bonds. The van der Waals surface area contributed by atoms with Crippen molar-refractivity contribution in [2.75, 3.05) is 0 Å². The second kappa shape index (κ2) is 3.59. The van der Waals surface area contributed by atoms with E-state index < -0.39 is 0 Å². The molecule has 1 rings (SSSR count). The van der Waals surface area contributed by atoms with Gasteiger partial charge in [-0.05, 0) is 11.6 Å². The lowest BCUT2D eigenvalue weighted by Crippen LogP contribution is -1.77. The number of nitrogens with zero attached hydrogens (tertiary/aromatic N) is 1.